The zero-order valence-electron chi connectivity index (χ0n) is 49.4. The van der Waals surface area contributed by atoms with Gasteiger partial charge in [0, 0.05) is 44.1 Å². The minimum atomic E-state index is -2.54. The molecule has 28 nitrogen and oxygen atoms in total. The molecular formula is C59H96N2O26. The SMILES string of the molecule is CC1[C@H](C)OC(=O)C[C@H](O)C[C@H](O)CC[C@@H](O)[C@H](O)C[C@H](O)C[C@]2(O)C[C@H](O)C(C(=O)NCC(O)C(O)C(O)C(O)CO)C(C[C@@H](O[C@@H]3O[C@H](C)[C@@H](O)[C@H](NC[C@@]4(O)OC[C@@H](O)[C@@H](O)[C@@H]4O)[C@@H]3O)/C=C/C=C/C=C/C=C/C=C/C=C/C=C/[C@H](C)[C@H]1O)O2. The van der Waals surface area contributed by atoms with Gasteiger partial charge in [-0.05, 0) is 33.1 Å². The number of esters is 1. The number of carbonyl (C=O) groups is 2. The highest BCUT2D eigenvalue weighted by molar-refractivity contribution is 5.80. The van der Waals surface area contributed by atoms with Crippen molar-refractivity contribution in [1.29, 1.82) is 0 Å². The second-order valence-corrected chi connectivity index (χ2v) is 23.3. The van der Waals surface area contributed by atoms with Crippen molar-refractivity contribution in [2.45, 2.75) is 225 Å². The first-order valence-electron chi connectivity index (χ1n) is 29.4. The molecule has 0 aromatic rings. The van der Waals surface area contributed by atoms with Gasteiger partial charge in [-0.1, -0.05) is 98.9 Å². The zero-order chi connectivity index (χ0) is 64.9. The Kier molecular flexibility index (Phi) is 31.5. The fourth-order valence-corrected chi connectivity index (χ4v) is 10.5. The minimum Gasteiger partial charge on any atom is -0.462 e. The fraction of sp³-hybridized carbons (Fsp3) is 0.729. The highest BCUT2D eigenvalue weighted by atomic mass is 16.7. The van der Waals surface area contributed by atoms with E-state index in [9.17, 15) is 107 Å². The van der Waals surface area contributed by atoms with Crippen molar-refractivity contribution in [2.24, 2.45) is 17.8 Å². The van der Waals surface area contributed by atoms with Crippen molar-refractivity contribution in [1.82, 2.24) is 10.6 Å². The molecule has 498 valence electrons. The van der Waals surface area contributed by atoms with E-state index in [2.05, 4.69) is 10.6 Å². The van der Waals surface area contributed by atoms with Crippen LogP contribution in [0.25, 0.3) is 0 Å². The third kappa shape index (κ3) is 23.4. The first kappa shape index (κ1) is 75.6. The lowest BCUT2D eigenvalue weighted by Gasteiger charge is -2.47. The molecule has 4 aliphatic rings. The second-order valence-electron chi connectivity index (χ2n) is 23.3. The van der Waals surface area contributed by atoms with Crippen molar-refractivity contribution in [3.8, 4) is 0 Å². The maximum atomic E-state index is 14.2. The van der Waals surface area contributed by atoms with Gasteiger partial charge in [0.1, 0.15) is 48.8 Å². The molecule has 2 bridgehead atoms. The summed E-state index contributed by atoms with van der Waals surface area (Å²) >= 11 is 0. The molecule has 7 unspecified atom stereocenters. The number of aliphatic hydroxyl groups is 19. The predicted molar refractivity (Wildman–Crippen MR) is 306 cm³/mol. The standard InChI is InChI=1S/C59H96N2O26/c1-31-17-15-13-11-9-7-5-6-8-10-12-14-16-18-38(86-57-54(78)48(50(74)34(4)85-57)61-30-59(82)55(79)53(77)44(71)29-83-59)24-45-47(56(80)60-27-42(69)51(75)52(76)43(70)28-62)41(68)26-58(81,87-45)25-37(65)22-40(67)39(66)20-19-35(63)21-36(64)23-46(72)84-33(3)32(2)49(31)73/h5-18,31-45,47-55,57,61-71,73-79,81-82H,19-30H2,1-4H3,(H,60,80)/b6-5+,9-7+,10-8+,13-11+,14-12+,17-15+,18-16+/t31-,32?,33-,34+,35+,36+,37-,38-,39+,40+,41-,42?,43?,44+,45?,47?,48-,49+,50+,51?,52?,53+,54-,55-,57-,58+,59+/m0/s1. The van der Waals surface area contributed by atoms with Crippen molar-refractivity contribution >= 4 is 11.9 Å². The molecule has 4 rings (SSSR count). The summed E-state index contributed by atoms with van der Waals surface area (Å²) in [6.45, 7) is 3.39. The molecular weight excluding hydrogens is 1150 g/mol. The Hall–Kier alpha value is -3.84. The third-order valence-electron chi connectivity index (χ3n) is 16.1. The summed E-state index contributed by atoms with van der Waals surface area (Å²) in [6, 6.07) is -1.44. The Balaban J connectivity index is 1.70. The molecule has 3 fully saturated rings. The molecule has 27 atom stereocenters. The van der Waals surface area contributed by atoms with Crippen LogP contribution in [0.2, 0.25) is 0 Å². The Morgan fingerprint density at radius 1 is 0.644 bits per heavy atom. The van der Waals surface area contributed by atoms with E-state index in [1.807, 2.05) is 0 Å². The molecule has 21 N–H and O–H groups in total. The number of amides is 1. The van der Waals surface area contributed by atoms with Gasteiger partial charge >= 0.3 is 5.97 Å². The lowest BCUT2D eigenvalue weighted by Crippen LogP contribution is -2.69. The van der Waals surface area contributed by atoms with E-state index in [0.717, 1.165) is 0 Å². The molecule has 4 heterocycles. The van der Waals surface area contributed by atoms with Crippen molar-refractivity contribution in [3.63, 3.8) is 0 Å². The summed E-state index contributed by atoms with van der Waals surface area (Å²) in [6.07, 6.45) is -14.6. The first-order chi connectivity index (χ1) is 40.9. The highest BCUT2D eigenvalue weighted by Crippen LogP contribution is 2.39. The smallest absolute Gasteiger partial charge is 0.308 e. The number of fused-ring (bicyclic) bond motifs is 2. The molecule has 87 heavy (non-hydrogen) atoms. The maximum absolute atomic E-state index is 14.2. The van der Waals surface area contributed by atoms with E-state index >= 15 is 0 Å². The van der Waals surface area contributed by atoms with Gasteiger partial charge in [-0.25, -0.2) is 0 Å². The van der Waals surface area contributed by atoms with E-state index in [0.29, 0.717) is 0 Å². The van der Waals surface area contributed by atoms with Gasteiger partial charge < -0.3 is 131 Å². The van der Waals surface area contributed by atoms with Gasteiger partial charge in [0.15, 0.2) is 12.1 Å². The minimum absolute atomic E-state index is 0.192. The Bertz CT molecular complexity index is 2270. The van der Waals surface area contributed by atoms with Crippen LogP contribution < -0.4 is 10.6 Å². The highest BCUT2D eigenvalue weighted by Gasteiger charge is 2.53. The number of hydrogen-bond acceptors (Lipinski definition) is 27. The van der Waals surface area contributed by atoms with Gasteiger partial charge in [0.25, 0.3) is 0 Å². The Morgan fingerprint density at radius 2 is 1.23 bits per heavy atom. The predicted octanol–water partition coefficient (Wildman–Crippen LogP) is -5.39. The Labute approximate surface area is 505 Å². The topological polar surface area (TPSA) is 489 Å². The third-order valence-corrected chi connectivity index (χ3v) is 16.1. The molecule has 4 aliphatic heterocycles. The normalized spacial score (nSPS) is 43.9. The number of allylic oxidation sites excluding steroid dienone is 12. The van der Waals surface area contributed by atoms with Crippen molar-refractivity contribution in [2.75, 3.05) is 26.3 Å². The summed E-state index contributed by atoms with van der Waals surface area (Å²) in [7, 11) is 0. The van der Waals surface area contributed by atoms with Crippen LogP contribution in [0, 0.1) is 17.8 Å². The fourth-order valence-electron chi connectivity index (χ4n) is 10.5. The maximum Gasteiger partial charge on any atom is 0.308 e. The number of carbonyl (C=O) groups excluding carboxylic acids is 2. The molecule has 0 aromatic heterocycles. The largest absolute Gasteiger partial charge is 0.462 e. The number of cyclic esters (lactones) is 1. The summed E-state index contributed by atoms with van der Waals surface area (Å²) in [5, 5.41) is 210. The Morgan fingerprint density at radius 3 is 1.84 bits per heavy atom. The molecule has 0 spiro atoms. The van der Waals surface area contributed by atoms with Crippen LogP contribution in [0.5, 0.6) is 0 Å². The lowest BCUT2D eigenvalue weighted by molar-refractivity contribution is -0.323. The van der Waals surface area contributed by atoms with Gasteiger partial charge in [0.2, 0.25) is 11.7 Å². The summed E-state index contributed by atoms with van der Waals surface area (Å²) in [5.74, 6) is -9.49. The second kappa shape index (κ2) is 36.3. The molecule has 0 aromatic carbocycles. The van der Waals surface area contributed by atoms with Crippen molar-refractivity contribution in [3.05, 3.63) is 85.1 Å². The van der Waals surface area contributed by atoms with Gasteiger partial charge in [-0.3, -0.25) is 9.59 Å². The zero-order valence-corrected chi connectivity index (χ0v) is 49.4. The van der Waals surface area contributed by atoms with Crippen LogP contribution >= 0.6 is 0 Å². The molecule has 1 amide bonds. The molecule has 0 aliphatic carbocycles. The number of hydrogen-bond donors (Lipinski definition) is 21. The molecule has 0 radical (unpaired) electrons. The lowest BCUT2D eigenvalue weighted by atomic mass is 9.82. The quantitative estimate of drug-likeness (QED) is 0.0811. The van der Waals surface area contributed by atoms with Gasteiger partial charge in [0.05, 0.1) is 111 Å². The number of ether oxygens (including phenoxy) is 5. The van der Waals surface area contributed by atoms with Crippen LogP contribution in [0.4, 0.5) is 0 Å². The molecule has 0 saturated carbocycles. The van der Waals surface area contributed by atoms with Gasteiger partial charge in [-0.15, -0.1) is 0 Å². The monoisotopic (exact) mass is 1250 g/mol. The van der Waals surface area contributed by atoms with Gasteiger partial charge in [-0.2, -0.15) is 0 Å². The van der Waals surface area contributed by atoms with E-state index in [-0.39, 0.29) is 25.2 Å². The van der Waals surface area contributed by atoms with Crippen LogP contribution in [0.15, 0.2) is 85.1 Å². The van der Waals surface area contributed by atoms with Crippen LogP contribution in [-0.4, -0.2) is 281 Å². The van der Waals surface area contributed by atoms with Crippen LogP contribution in [-0.2, 0) is 33.3 Å². The van der Waals surface area contributed by atoms with E-state index in [1.165, 1.54) is 19.1 Å². The first-order valence-corrected chi connectivity index (χ1v) is 29.4. The molecule has 3 saturated heterocycles. The van der Waals surface area contributed by atoms with E-state index in [4.69, 9.17) is 23.7 Å². The van der Waals surface area contributed by atoms with Crippen LogP contribution in [0.1, 0.15) is 79.1 Å². The number of aliphatic hydroxyl groups excluding tert-OH is 17. The average molecular weight is 1250 g/mol. The summed E-state index contributed by atoms with van der Waals surface area (Å²) < 4.78 is 29.1. The molecule has 28 heteroatoms. The average Bonchev–Trinajstić information content (AvgIpc) is 1.34. The number of nitrogens with one attached hydrogen (secondary N) is 2. The van der Waals surface area contributed by atoms with E-state index < -0.39 is 228 Å². The number of rotatable bonds is 12. The van der Waals surface area contributed by atoms with Crippen LogP contribution in [0.3, 0.4) is 0 Å². The summed E-state index contributed by atoms with van der Waals surface area (Å²) in [5.41, 5.74) is 0. The van der Waals surface area contributed by atoms with Crippen molar-refractivity contribution < 1.29 is 130 Å². The van der Waals surface area contributed by atoms with E-state index in [1.54, 1.807) is 93.7 Å². The summed E-state index contributed by atoms with van der Waals surface area (Å²) in [4.78, 5) is 26.9.